The first-order chi connectivity index (χ1) is 17.0. The van der Waals surface area contributed by atoms with Crippen LogP contribution in [0, 0.1) is 5.82 Å². The SMILES string of the molecule is CN1CCc2c(sc3c2CN(C(=O)Nc2ccc(Cl)cc2)[C@H](c2ccc(F)cc2)c2cccn2-3)C1. The first-order valence-electron chi connectivity index (χ1n) is 11.6. The molecule has 178 valence electrons. The molecule has 1 N–H and O–H groups in total. The van der Waals surface area contributed by atoms with E-state index in [2.05, 4.69) is 34.1 Å². The van der Waals surface area contributed by atoms with Crippen LogP contribution >= 0.6 is 22.9 Å². The predicted octanol–water partition coefficient (Wildman–Crippen LogP) is 6.46. The molecule has 2 aliphatic rings. The molecule has 4 heterocycles. The van der Waals surface area contributed by atoms with E-state index in [0.717, 1.165) is 30.8 Å². The van der Waals surface area contributed by atoms with Gasteiger partial charge in [-0.15, -0.1) is 11.3 Å². The maximum Gasteiger partial charge on any atom is 0.322 e. The number of carbonyl (C=O) groups is 1. The Balaban J connectivity index is 1.48. The largest absolute Gasteiger partial charge is 0.322 e. The van der Waals surface area contributed by atoms with Gasteiger partial charge in [0.25, 0.3) is 0 Å². The Morgan fingerprint density at radius 3 is 2.60 bits per heavy atom. The van der Waals surface area contributed by atoms with Gasteiger partial charge in [0, 0.05) is 40.4 Å². The highest BCUT2D eigenvalue weighted by Crippen LogP contribution is 2.43. The van der Waals surface area contributed by atoms with E-state index >= 15 is 0 Å². The maximum absolute atomic E-state index is 13.8. The quantitative estimate of drug-likeness (QED) is 0.339. The van der Waals surface area contributed by atoms with Crippen LogP contribution in [-0.2, 0) is 19.5 Å². The van der Waals surface area contributed by atoms with E-state index in [9.17, 15) is 9.18 Å². The monoisotopic (exact) mass is 506 g/mol. The van der Waals surface area contributed by atoms with Gasteiger partial charge >= 0.3 is 6.03 Å². The van der Waals surface area contributed by atoms with E-state index in [1.165, 1.54) is 33.1 Å². The van der Waals surface area contributed by atoms with Crippen molar-refractivity contribution in [3.05, 3.63) is 105 Å². The summed E-state index contributed by atoms with van der Waals surface area (Å²) >= 11 is 7.85. The number of fused-ring (bicyclic) bond motifs is 5. The number of nitrogens with one attached hydrogen (secondary N) is 1. The van der Waals surface area contributed by atoms with Crippen LogP contribution in [0.1, 0.15) is 33.3 Å². The molecule has 6 rings (SSSR count). The Labute approximate surface area is 212 Å². The number of urea groups is 1. The lowest BCUT2D eigenvalue weighted by molar-refractivity contribution is 0.194. The van der Waals surface area contributed by atoms with Crippen LogP contribution in [0.4, 0.5) is 14.9 Å². The third kappa shape index (κ3) is 4.03. The van der Waals surface area contributed by atoms with E-state index < -0.39 is 0 Å². The molecule has 0 saturated carbocycles. The number of aromatic nitrogens is 1. The van der Waals surface area contributed by atoms with Gasteiger partial charge in [0.1, 0.15) is 10.8 Å². The average molecular weight is 507 g/mol. The van der Waals surface area contributed by atoms with Crippen molar-refractivity contribution in [1.82, 2.24) is 14.4 Å². The van der Waals surface area contributed by atoms with E-state index in [1.54, 1.807) is 36.4 Å². The molecule has 4 aromatic rings. The number of carbonyl (C=O) groups excluding carboxylic acids is 1. The molecule has 0 saturated heterocycles. The van der Waals surface area contributed by atoms with Gasteiger partial charge in [-0.25, -0.2) is 9.18 Å². The third-order valence-corrected chi connectivity index (χ3v) is 8.31. The van der Waals surface area contributed by atoms with Crippen molar-refractivity contribution >= 4 is 34.7 Å². The lowest BCUT2D eigenvalue weighted by atomic mass is 10.0. The van der Waals surface area contributed by atoms with E-state index in [-0.39, 0.29) is 17.9 Å². The number of nitrogens with zero attached hydrogens (tertiary/aromatic N) is 3. The van der Waals surface area contributed by atoms with Gasteiger partial charge in [0.05, 0.1) is 18.3 Å². The Kier molecular flexibility index (Phi) is 5.63. The van der Waals surface area contributed by atoms with Crippen molar-refractivity contribution in [3.63, 3.8) is 0 Å². The first-order valence-corrected chi connectivity index (χ1v) is 12.8. The average Bonchev–Trinajstić information content (AvgIpc) is 3.43. The van der Waals surface area contributed by atoms with E-state index in [4.69, 9.17) is 11.6 Å². The fourth-order valence-electron chi connectivity index (χ4n) is 5.08. The molecule has 35 heavy (non-hydrogen) atoms. The lowest BCUT2D eigenvalue weighted by Crippen LogP contribution is -2.38. The van der Waals surface area contributed by atoms with Crippen LogP contribution < -0.4 is 5.32 Å². The van der Waals surface area contributed by atoms with Crippen molar-refractivity contribution in [2.24, 2.45) is 0 Å². The van der Waals surface area contributed by atoms with E-state index in [0.29, 0.717) is 17.3 Å². The molecule has 0 bridgehead atoms. The van der Waals surface area contributed by atoms with Gasteiger partial charge in [-0.3, -0.25) is 0 Å². The molecule has 0 fully saturated rings. The zero-order chi connectivity index (χ0) is 24.1. The Hall–Kier alpha value is -3.13. The summed E-state index contributed by atoms with van der Waals surface area (Å²) in [4.78, 5) is 19.4. The molecule has 0 aliphatic carbocycles. The van der Waals surface area contributed by atoms with Crippen molar-refractivity contribution < 1.29 is 9.18 Å². The second-order valence-electron chi connectivity index (χ2n) is 9.10. The van der Waals surface area contributed by atoms with Crippen molar-refractivity contribution in [3.8, 4) is 5.00 Å². The number of hydrogen-bond acceptors (Lipinski definition) is 3. The summed E-state index contributed by atoms with van der Waals surface area (Å²) in [5.74, 6) is -0.299. The minimum absolute atomic E-state index is 0.213. The molecule has 2 amide bonds. The molecule has 2 aromatic heterocycles. The molecular weight excluding hydrogens is 483 g/mol. The minimum Gasteiger partial charge on any atom is -0.310 e. The second kappa shape index (κ2) is 8.82. The Morgan fingerprint density at radius 2 is 1.83 bits per heavy atom. The van der Waals surface area contributed by atoms with Crippen LogP contribution in [0.5, 0.6) is 0 Å². The summed E-state index contributed by atoms with van der Waals surface area (Å²) < 4.78 is 16.0. The molecule has 0 spiro atoms. The molecule has 2 aromatic carbocycles. The Morgan fingerprint density at radius 1 is 1.06 bits per heavy atom. The molecule has 5 nitrogen and oxygen atoms in total. The molecule has 2 aliphatic heterocycles. The van der Waals surface area contributed by atoms with Crippen LogP contribution in [-0.4, -0.2) is 34.0 Å². The summed E-state index contributed by atoms with van der Waals surface area (Å²) in [5, 5.41) is 4.83. The number of rotatable bonds is 2. The van der Waals surface area contributed by atoms with Gasteiger partial charge < -0.3 is 19.7 Å². The van der Waals surface area contributed by atoms with Crippen LogP contribution in [0.25, 0.3) is 5.00 Å². The number of halogens is 2. The number of anilines is 1. The number of thiophene rings is 1. The molecular formula is C27H24ClFN4OS. The highest BCUT2D eigenvalue weighted by molar-refractivity contribution is 7.15. The lowest BCUT2D eigenvalue weighted by Gasteiger charge is -2.32. The van der Waals surface area contributed by atoms with Gasteiger partial charge in [-0.05, 0) is 73.1 Å². The van der Waals surface area contributed by atoms with Crippen LogP contribution in [0.15, 0.2) is 66.9 Å². The topological polar surface area (TPSA) is 40.5 Å². The number of amides is 2. The van der Waals surface area contributed by atoms with Gasteiger partial charge in [0.15, 0.2) is 0 Å². The summed E-state index contributed by atoms with van der Waals surface area (Å²) in [7, 11) is 2.14. The molecule has 8 heteroatoms. The number of hydrogen-bond donors (Lipinski definition) is 1. The maximum atomic E-state index is 13.8. The molecule has 1 atom stereocenters. The van der Waals surface area contributed by atoms with Crippen LogP contribution in [0.3, 0.4) is 0 Å². The number of likely N-dealkylation sites (N-methyl/N-ethyl adjacent to an activating group) is 1. The van der Waals surface area contributed by atoms with Crippen LogP contribution in [0.2, 0.25) is 5.02 Å². The summed E-state index contributed by atoms with van der Waals surface area (Å²) in [6, 6.07) is 17.0. The highest BCUT2D eigenvalue weighted by atomic mass is 35.5. The number of benzene rings is 2. The van der Waals surface area contributed by atoms with Gasteiger partial charge in [-0.2, -0.15) is 0 Å². The molecule has 0 radical (unpaired) electrons. The third-order valence-electron chi connectivity index (χ3n) is 6.80. The zero-order valence-corrected chi connectivity index (χ0v) is 20.7. The summed E-state index contributed by atoms with van der Waals surface area (Å²) in [5.41, 5.74) is 5.07. The first kappa shape index (κ1) is 22.3. The predicted molar refractivity (Wildman–Crippen MR) is 138 cm³/mol. The van der Waals surface area contributed by atoms with E-state index in [1.807, 2.05) is 22.3 Å². The summed E-state index contributed by atoms with van der Waals surface area (Å²) in [6.07, 6.45) is 3.03. The van der Waals surface area contributed by atoms with Crippen molar-refractivity contribution in [2.45, 2.75) is 25.6 Å². The fourth-order valence-corrected chi connectivity index (χ4v) is 6.64. The van der Waals surface area contributed by atoms with Gasteiger partial charge in [0.2, 0.25) is 0 Å². The zero-order valence-electron chi connectivity index (χ0n) is 19.2. The normalized spacial score (nSPS) is 17.3. The fraction of sp³-hybridized carbons (Fsp3) is 0.222. The van der Waals surface area contributed by atoms with Crippen molar-refractivity contribution in [2.75, 3.05) is 18.9 Å². The Bertz CT molecular complexity index is 1400. The molecule has 0 unspecified atom stereocenters. The second-order valence-corrected chi connectivity index (χ2v) is 10.6. The minimum atomic E-state index is -0.376. The standard InChI is InChI=1S/C27H24ClFN4OS/c1-31-14-12-21-22-15-33(27(34)30-20-10-6-18(28)7-11-20)25(17-4-8-19(29)9-5-17)23-3-2-13-32(23)26(22)35-24(21)16-31/h2-11,13,25H,12,14-16H2,1H3,(H,30,34)/t25-/m1/s1. The van der Waals surface area contributed by atoms with Gasteiger partial charge in [-0.1, -0.05) is 23.7 Å². The smallest absolute Gasteiger partial charge is 0.310 e. The highest BCUT2D eigenvalue weighted by Gasteiger charge is 2.36. The van der Waals surface area contributed by atoms with Crippen molar-refractivity contribution in [1.29, 1.82) is 0 Å². The summed E-state index contributed by atoms with van der Waals surface area (Å²) in [6.45, 7) is 2.38.